The number of unbranched alkanes of at least 4 members (excludes halogenated alkanes) is 1. The Morgan fingerprint density at radius 3 is 1.90 bits per heavy atom. The Labute approximate surface area is 185 Å². The standard InChI is InChI=1S/C27H25NS2/c1-2-3-19-28-20-24(21-13-7-4-8-14-21)27-25(22-15-9-5-10-16-22)26(29-30(27)28)23-17-11-6-12-18-23/h4-18,20H,2-3,19H2,1H3. The number of allylic oxidation sites excluding steroid dienone is 2. The van der Waals surface area contributed by atoms with Crippen molar-refractivity contribution in [3.63, 3.8) is 0 Å². The normalized spacial score (nSPS) is 18.0. The second-order valence-corrected chi connectivity index (χ2v) is 10.9. The molecule has 0 fully saturated rings. The molecule has 0 saturated carbocycles. The van der Waals surface area contributed by atoms with Crippen molar-refractivity contribution in [1.29, 1.82) is 0 Å². The largest absolute Gasteiger partial charge is 0.319 e. The highest BCUT2D eigenvalue weighted by atomic mass is 33.1. The minimum atomic E-state index is 0.00113. The lowest BCUT2D eigenvalue weighted by atomic mass is 9.92. The predicted molar refractivity (Wildman–Crippen MR) is 136 cm³/mol. The van der Waals surface area contributed by atoms with Crippen LogP contribution in [0.4, 0.5) is 0 Å². The molecule has 0 bridgehead atoms. The third kappa shape index (κ3) is 3.57. The quantitative estimate of drug-likeness (QED) is 0.292. The van der Waals surface area contributed by atoms with Crippen LogP contribution in [0.1, 0.15) is 36.5 Å². The van der Waals surface area contributed by atoms with Crippen molar-refractivity contribution in [3.8, 4) is 0 Å². The average Bonchev–Trinajstić information content (AvgIpc) is 3.37. The van der Waals surface area contributed by atoms with Gasteiger partial charge in [0.2, 0.25) is 0 Å². The highest BCUT2D eigenvalue weighted by molar-refractivity contribution is 8.87. The van der Waals surface area contributed by atoms with Crippen LogP contribution >= 0.6 is 20.5 Å². The van der Waals surface area contributed by atoms with Gasteiger partial charge >= 0.3 is 0 Å². The Morgan fingerprint density at radius 1 is 0.733 bits per heavy atom. The number of hydrogen-bond acceptors (Lipinski definition) is 2. The van der Waals surface area contributed by atoms with Crippen molar-refractivity contribution in [2.45, 2.75) is 19.8 Å². The maximum absolute atomic E-state index is 2.59. The van der Waals surface area contributed by atoms with Gasteiger partial charge in [-0.1, -0.05) is 104 Å². The third-order valence-electron chi connectivity index (χ3n) is 5.44. The molecule has 2 aliphatic heterocycles. The fraction of sp³-hybridized carbons (Fsp3) is 0.148. The zero-order chi connectivity index (χ0) is 20.3. The minimum Gasteiger partial charge on any atom is -0.319 e. The van der Waals surface area contributed by atoms with Crippen molar-refractivity contribution in [3.05, 3.63) is 114 Å². The van der Waals surface area contributed by atoms with Gasteiger partial charge in [-0.05, 0) is 43.6 Å². The Kier molecular flexibility index (Phi) is 5.65. The van der Waals surface area contributed by atoms with Crippen LogP contribution in [-0.2, 0) is 0 Å². The van der Waals surface area contributed by atoms with E-state index in [1.165, 1.54) is 50.4 Å². The molecule has 0 saturated heterocycles. The molecule has 3 aromatic carbocycles. The molecule has 0 spiro atoms. The zero-order valence-corrected chi connectivity index (χ0v) is 18.8. The lowest BCUT2D eigenvalue weighted by Gasteiger charge is -2.19. The topological polar surface area (TPSA) is 3.24 Å². The molecule has 0 aromatic heterocycles. The van der Waals surface area contributed by atoms with Crippen LogP contribution in [0, 0.1) is 0 Å². The molecule has 2 heterocycles. The SMILES string of the molecule is CCCCN1C=C(c2ccccc2)C2=S1SC(c1ccccc1)=C2c1ccccc1. The van der Waals surface area contributed by atoms with Gasteiger partial charge in [0.15, 0.2) is 0 Å². The van der Waals surface area contributed by atoms with Crippen molar-refractivity contribution in [1.82, 2.24) is 4.31 Å². The molecule has 150 valence electrons. The second-order valence-electron chi connectivity index (χ2n) is 7.50. The van der Waals surface area contributed by atoms with Crippen molar-refractivity contribution < 1.29 is 0 Å². The summed E-state index contributed by atoms with van der Waals surface area (Å²) < 4.78 is 2.59. The fourth-order valence-corrected chi connectivity index (χ4v) is 8.77. The molecule has 30 heavy (non-hydrogen) atoms. The molecule has 1 unspecified atom stereocenters. The van der Waals surface area contributed by atoms with Crippen LogP contribution in [-0.4, -0.2) is 15.7 Å². The van der Waals surface area contributed by atoms with Crippen LogP contribution in [0.3, 0.4) is 0 Å². The van der Waals surface area contributed by atoms with E-state index in [4.69, 9.17) is 0 Å². The lowest BCUT2D eigenvalue weighted by molar-refractivity contribution is 0.586. The van der Waals surface area contributed by atoms with Gasteiger partial charge in [-0.2, -0.15) is 0 Å². The molecule has 0 N–H and O–H groups in total. The molecular weight excluding hydrogens is 402 g/mol. The van der Waals surface area contributed by atoms with Crippen LogP contribution in [0.15, 0.2) is 97.2 Å². The molecule has 0 radical (unpaired) electrons. The van der Waals surface area contributed by atoms with E-state index in [0.717, 1.165) is 6.54 Å². The monoisotopic (exact) mass is 427 g/mol. The van der Waals surface area contributed by atoms with Crippen LogP contribution in [0.5, 0.6) is 0 Å². The maximum atomic E-state index is 2.59. The highest BCUT2D eigenvalue weighted by Crippen LogP contribution is 2.61. The van der Waals surface area contributed by atoms with Crippen LogP contribution in [0.2, 0.25) is 0 Å². The Balaban J connectivity index is 1.70. The van der Waals surface area contributed by atoms with E-state index in [1.54, 1.807) is 0 Å². The molecule has 3 aromatic rings. The van der Waals surface area contributed by atoms with Gasteiger partial charge < -0.3 is 4.31 Å². The molecule has 5 rings (SSSR count). The van der Waals surface area contributed by atoms with Gasteiger partial charge in [0.05, 0.1) is 0 Å². The van der Waals surface area contributed by atoms with Crippen molar-refractivity contribution >= 4 is 41.4 Å². The molecule has 1 atom stereocenters. The van der Waals surface area contributed by atoms with Gasteiger partial charge in [-0.25, -0.2) is 0 Å². The molecule has 1 nitrogen and oxygen atoms in total. The maximum Gasteiger partial charge on any atom is 0.0461 e. The summed E-state index contributed by atoms with van der Waals surface area (Å²) in [5.74, 6) is 0. The lowest BCUT2D eigenvalue weighted by Crippen LogP contribution is -2.08. The van der Waals surface area contributed by atoms with E-state index in [2.05, 4.69) is 108 Å². The third-order valence-corrected chi connectivity index (χ3v) is 9.74. The summed E-state index contributed by atoms with van der Waals surface area (Å²) in [6.45, 7) is 3.38. The van der Waals surface area contributed by atoms with Crippen molar-refractivity contribution in [2.24, 2.45) is 0 Å². The van der Waals surface area contributed by atoms with E-state index in [1.807, 2.05) is 10.8 Å². The summed E-state index contributed by atoms with van der Waals surface area (Å²) in [4.78, 5) is 2.90. The Morgan fingerprint density at radius 2 is 1.30 bits per heavy atom. The summed E-state index contributed by atoms with van der Waals surface area (Å²) in [6.07, 6.45) is 4.85. The predicted octanol–water partition coefficient (Wildman–Crippen LogP) is 7.73. The number of rotatable bonds is 6. The van der Waals surface area contributed by atoms with Crippen molar-refractivity contribution in [2.75, 3.05) is 6.54 Å². The number of benzene rings is 3. The van der Waals surface area contributed by atoms with Gasteiger partial charge in [-0.15, -0.1) is 0 Å². The zero-order valence-electron chi connectivity index (χ0n) is 17.1. The molecule has 0 aliphatic carbocycles. The van der Waals surface area contributed by atoms with Crippen LogP contribution < -0.4 is 0 Å². The first-order chi connectivity index (χ1) is 14.9. The molecule has 3 heteroatoms. The smallest absolute Gasteiger partial charge is 0.0461 e. The second kappa shape index (κ2) is 8.71. The van der Waals surface area contributed by atoms with E-state index >= 15 is 0 Å². The number of nitrogens with zero attached hydrogens (tertiary/aromatic N) is 1. The fourth-order valence-electron chi connectivity index (χ4n) is 3.93. The Hall–Kier alpha value is -2.49. The summed E-state index contributed by atoms with van der Waals surface area (Å²) >= 11 is 0. The summed E-state index contributed by atoms with van der Waals surface area (Å²) in [7, 11) is 2.04. The first-order valence-electron chi connectivity index (χ1n) is 10.6. The Bertz CT molecular complexity index is 1130. The van der Waals surface area contributed by atoms with E-state index in [0.29, 0.717) is 0 Å². The first kappa shape index (κ1) is 19.5. The van der Waals surface area contributed by atoms with Gasteiger partial charge in [0, 0.05) is 33.7 Å². The first-order valence-corrected chi connectivity index (χ1v) is 13.1. The number of hydrogen-bond donors (Lipinski definition) is 0. The summed E-state index contributed by atoms with van der Waals surface area (Å²) in [5.41, 5.74) is 6.73. The highest BCUT2D eigenvalue weighted by Gasteiger charge is 2.35. The summed E-state index contributed by atoms with van der Waals surface area (Å²) in [5, 5.41) is 0. The summed E-state index contributed by atoms with van der Waals surface area (Å²) in [6, 6.07) is 32.7. The van der Waals surface area contributed by atoms with E-state index in [-0.39, 0.29) is 9.70 Å². The molecule has 0 amide bonds. The van der Waals surface area contributed by atoms with Crippen LogP contribution in [0.25, 0.3) is 16.1 Å². The molecule has 2 aliphatic rings. The van der Waals surface area contributed by atoms with Gasteiger partial charge in [0.25, 0.3) is 0 Å². The van der Waals surface area contributed by atoms with E-state index in [9.17, 15) is 0 Å². The van der Waals surface area contributed by atoms with E-state index < -0.39 is 0 Å². The minimum absolute atomic E-state index is 0.00113. The van der Waals surface area contributed by atoms with Gasteiger partial charge in [-0.3, -0.25) is 0 Å². The average molecular weight is 428 g/mol. The van der Waals surface area contributed by atoms with Gasteiger partial charge in [0.1, 0.15) is 0 Å². The molecular formula is C27H25NS2.